The van der Waals surface area contributed by atoms with Gasteiger partial charge < -0.3 is 9.73 Å². The minimum absolute atomic E-state index is 0.0587. The number of amides is 1. The van der Waals surface area contributed by atoms with Gasteiger partial charge in [-0.1, -0.05) is 6.07 Å². The van der Waals surface area contributed by atoms with Crippen LogP contribution in [0.15, 0.2) is 33.3 Å². The van der Waals surface area contributed by atoms with Gasteiger partial charge in [0, 0.05) is 24.4 Å². The molecule has 1 unspecified atom stereocenters. The first-order chi connectivity index (χ1) is 11.9. The van der Waals surface area contributed by atoms with E-state index in [0.29, 0.717) is 22.2 Å². The number of aromatic nitrogens is 2. The fraction of sp³-hybridized carbons (Fsp3) is 0.250. The number of benzene rings is 1. The minimum Gasteiger partial charge on any atom is -0.418 e. The standard InChI is InChI=1S/C16H15BrFN5O2/c1-8(18)14-21-22-15(25-14)9-3-4-10-7-23(16(24)11(10)5-9)13(19)12(17)6-20-2/h3-6,8,19-20H,7H2,1-2H3/b12-6+,19-13?. The van der Waals surface area contributed by atoms with Crippen LogP contribution in [0.5, 0.6) is 0 Å². The molecule has 2 aromatic rings. The Labute approximate surface area is 151 Å². The summed E-state index contributed by atoms with van der Waals surface area (Å²) < 4.78 is 19.0. The molecule has 130 valence electrons. The zero-order valence-electron chi connectivity index (χ0n) is 13.5. The predicted octanol–water partition coefficient (Wildman–Crippen LogP) is 3.16. The summed E-state index contributed by atoms with van der Waals surface area (Å²) in [6, 6.07) is 5.13. The Kier molecular flexibility index (Phi) is 4.67. The normalized spacial score (nSPS) is 15.3. The van der Waals surface area contributed by atoms with Crippen molar-refractivity contribution in [3.8, 4) is 11.5 Å². The van der Waals surface area contributed by atoms with Crippen molar-refractivity contribution >= 4 is 27.7 Å². The Morgan fingerprint density at radius 3 is 2.92 bits per heavy atom. The highest BCUT2D eigenvalue weighted by Gasteiger charge is 2.31. The summed E-state index contributed by atoms with van der Waals surface area (Å²) in [5.41, 5.74) is 1.78. The smallest absolute Gasteiger partial charge is 0.260 e. The van der Waals surface area contributed by atoms with E-state index < -0.39 is 6.17 Å². The summed E-state index contributed by atoms with van der Waals surface area (Å²) in [4.78, 5) is 14.0. The van der Waals surface area contributed by atoms with Crippen LogP contribution in [0, 0.1) is 5.41 Å². The second-order valence-electron chi connectivity index (χ2n) is 5.45. The van der Waals surface area contributed by atoms with Gasteiger partial charge in [-0.2, -0.15) is 0 Å². The summed E-state index contributed by atoms with van der Waals surface area (Å²) in [6.45, 7) is 1.61. The van der Waals surface area contributed by atoms with E-state index >= 15 is 0 Å². The summed E-state index contributed by atoms with van der Waals surface area (Å²) in [5.74, 6) is -0.184. The molecule has 1 amide bonds. The van der Waals surface area contributed by atoms with Crippen molar-refractivity contribution in [3.63, 3.8) is 0 Å². The minimum atomic E-state index is -1.36. The van der Waals surface area contributed by atoms with E-state index in [1.807, 2.05) is 0 Å². The topological polar surface area (TPSA) is 95.1 Å². The van der Waals surface area contributed by atoms with E-state index in [9.17, 15) is 9.18 Å². The van der Waals surface area contributed by atoms with E-state index in [4.69, 9.17) is 9.83 Å². The van der Waals surface area contributed by atoms with Gasteiger partial charge in [0.2, 0.25) is 5.89 Å². The van der Waals surface area contributed by atoms with Crippen LogP contribution >= 0.6 is 15.9 Å². The number of carbonyl (C=O) groups excluding carboxylic acids is 1. The van der Waals surface area contributed by atoms with E-state index in [-0.39, 0.29) is 23.5 Å². The SMILES string of the molecule is CN/C=C(/Br)C(=N)N1Cc2ccc(-c3nnc(C(C)F)o3)cc2C1=O. The van der Waals surface area contributed by atoms with Crippen LogP contribution in [0.2, 0.25) is 0 Å². The number of hydrogen-bond acceptors (Lipinski definition) is 6. The second-order valence-corrected chi connectivity index (χ2v) is 6.31. The molecule has 1 aliphatic heterocycles. The average molecular weight is 408 g/mol. The van der Waals surface area contributed by atoms with E-state index in [1.54, 1.807) is 31.4 Å². The maximum absolute atomic E-state index is 13.2. The van der Waals surface area contributed by atoms with Gasteiger partial charge in [-0.25, -0.2) is 4.39 Å². The van der Waals surface area contributed by atoms with Crippen LogP contribution in [-0.4, -0.2) is 33.9 Å². The highest BCUT2D eigenvalue weighted by Crippen LogP contribution is 2.30. The van der Waals surface area contributed by atoms with Crippen molar-refractivity contribution < 1.29 is 13.6 Å². The van der Waals surface area contributed by atoms with Crippen LogP contribution in [0.3, 0.4) is 0 Å². The molecule has 0 fully saturated rings. The third kappa shape index (κ3) is 3.19. The number of nitrogens with zero attached hydrogens (tertiary/aromatic N) is 3. The number of amidine groups is 1. The number of rotatable bonds is 4. The lowest BCUT2D eigenvalue weighted by molar-refractivity contribution is 0.0866. The van der Waals surface area contributed by atoms with Gasteiger partial charge in [-0.15, -0.1) is 10.2 Å². The highest BCUT2D eigenvalue weighted by atomic mass is 79.9. The van der Waals surface area contributed by atoms with Gasteiger partial charge in [0.1, 0.15) is 5.84 Å². The van der Waals surface area contributed by atoms with Crippen LogP contribution < -0.4 is 5.32 Å². The molecule has 0 radical (unpaired) electrons. The molecule has 0 bridgehead atoms. The average Bonchev–Trinajstić information content (AvgIpc) is 3.20. The molecule has 2 N–H and O–H groups in total. The van der Waals surface area contributed by atoms with Crippen LogP contribution in [0.1, 0.15) is 34.9 Å². The lowest BCUT2D eigenvalue weighted by Gasteiger charge is -2.16. The first kappa shape index (κ1) is 17.3. The molecule has 25 heavy (non-hydrogen) atoms. The molecule has 7 nitrogen and oxygen atoms in total. The van der Waals surface area contributed by atoms with Gasteiger partial charge >= 0.3 is 0 Å². The first-order valence-electron chi connectivity index (χ1n) is 7.47. The van der Waals surface area contributed by atoms with Crippen molar-refractivity contribution in [1.82, 2.24) is 20.4 Å². The van der Waals surface area contributed by atoms with E-state index in [2.05, 4.69) is 31.4 Å². The lowest BCUT2D eigenvalue weighted by atomic mass is 10.1. The van der Waals surface area contributed by atoms with Gasteiger partial charge in [-0.3, -0.25) is 15.1 Å². The fourth-order valence-corrected chi connectivity index (χ4v) is 2.89. The number of hydrogen-bond donors (Lipinski definition) is 2. The van der Waals surface area contributed by atoms with Crippen molar-refractivity contribution in [1.29, 1.82) is 5.41 Å². The van der Waals surface area contributed by atoms with Crippen LogP contribution in [0.4, 0.5) is 4.39 Å². The van der Waals surface area contributed by atoms with Crippen molar-refractivity contribution in [3.05, 3.63) is 45.9 Å². The predicted molar refractivity (Wildman–Crippen MR) is 92.9 cm³/mol. The summed E-state index contributed by atoms with van der Waals surface area (Å²) in [6.07, 6.45) is 0.229. The maximum atomic E-state index is 13.2. The lowest BCUT2D eigenvalue weighted by Crippen LogP contribution is -2.31. The molecule has 0 saturated carbocycles. The number of fused-ring (bicyclic) bond motifs is 1. The molecular weight excluding hydrogens is 393 g/mol. The monoisotopic (exact) mass is 407 g/mol. The molecule has 1 aromatic carbocycles. The molecule has 0 saturated heterocycles. The molecule has 0 aliphatic carbocycles. The van der Waals surface area contributed by atoms with Gasteiger partial charge in [0.15, 0.2) is 6.17 Å². The molecule has 0 spiro atoms. The number of carbonyl (C=O) groups is 1. The summed E-state index contributed by atoms with van der Waals surface area (Å²) in [7, 11) is 1.71. The zero-order chi connectivity index (χ0) is 18.1. The van der Waals surface area contributed by atoms with Crippen molar-refractivity contribution in [2.45, 2.75) is 19.6 Å². The van der Waals surface area contributed by atoms with Crippen molar-refractivity contribution in [2.24, 2.45) is 0 Å². The Morgan fingerprint density at radius 1 is 1.52 bits per heavy atom. The maximum Gasteiger partial charge on any atom is 0.260 e. The molecular formula is C16H15BrFN5O2. The Hall–Kier alpha value is -2.55. The molecule has 1 aliphatic rings. The summed E-state index contributed by atoms with van der Waals surface area (Å²) >= 11 is 3.26. The molecule has 2 heterocycles. The number of halogens is 2. The van der Waals surface area contributed by atoms with Crippen LogP contribution in [-0.2, 0) is 6.54 Å². The molecule has 1 aromatic heterocycles. The highest BCUT2D eigenvalue weighted by molar-refractivity contribution is 9.12. The van der Waals surface area contributed by atoms with Crippen LogP contribution in [0.25, 0.3) is 11.5 Å². The van der Waals surface area contributed by atoms with E-state index in [0.717, 1.165) is 5.56 Å². The van der Waals surface area contributed by atoms with Gasteiger partial charge in [-0.05, 0) is 40.5 Å². The zero-order valence-corrected chi connectivity index (χ0v) is 15.1. The fourth-order valence-electron chi connectivity index (χ4n) is 2.45. The number of alkyl halides is 1. The third-order valence-corrected chi connectivity index (χ3v) is 4.31. The van der Waals surface area contributed by atoms with Crippen molar-refractivity contribution in [2.75, 3.05) is 7.05 Å². The Morgan fingerprint density at radius 2 is 2.28 bits per heavy atom. The first-order valence-corrected chi connectivity index (χ1v) is 8.26. The quantitative estimate of drug-likeness (QED) is 0.599. The van der Waals surface area contributed by atoms with E-state index in [1.165, 1.54) is 11.8 Å². The van der Waals surface area contributed by atoms with Gasteiger partial charge in [0.25, 0.3) is 11.8 Å². The van der Waals surface area contributed by atoms with Gasteiger partial charge in [0.05, 0.1) is 11.0 Å². The summed E-state index contributed by atoms with van der Waals surface area (Å²) in [5, 5.41) is 18.4. The largest absolute Gasteiger partial charge is 0.418 e. The molecule has 1 atom stereocenters. The Bertz CT molecular complexity index is 877. The Balaban J connectivity index is 1.89. The number of nitrogens with one attached hydrogen (secondary N) is 2. The third-order valence-electron chi connectivity index (χ3n) is 3.71. The molecule has 3 rings (SSSR count). The second kappa shape index (κ2) is 6.75. The molecule has 9 heteroatoms.